The molecule has 0 spiro atoms. The number of likely N-dealkylation sites (N-methyl/N-ethyl adjacent to an activating group) is 1. The first-order chi connectivity index (χ1) is 13.4. The van der Waals surface area contributed by atoms with E-state index in [1.165, 1.54) is 12.8 Å². The van der Waals surface area contributed by atoms with E-state index >= 15 is 0 Å². The lowest BCUT2D eigenvalue weighted by molar-refractivity contribution is -0.944. The zero-order valence-corrected chi connectivity index (χ0v) is 17.9. The number of aliphatic hydroxyl groups is 1. The molecule has 0 fully saturated rings. The standard InChI is InChI=1S/C19H33N4O4S/c1-4-5-6-7-11-26-18-17(21-28-22-18)15-9-8-10-23(3,12-15)14(2)27-19(25)16(20)13-24/h9,14,16,24H,4-8,10-13,20H2,1-3H3/q+1/t14?,16-,23?/m0/s1. The Kier molecular flexibility index (Phi) is 8.81. The van der Waals surface area contributed by atoms with E-state index in [1.54, 1.807) is 0 Å². The lowest BCUT2D eigenvalue weighted by atomic mass is 10.0. The molecule has 1 aliphatic rings. The quantitative estimate of drug-likeness (QED) is 0.324. The average Bonchev–Trinajstić information content (AvgIpc) is 3.15. The van der Waals surface area contributed by atoms with E-state index in [2.05, 4.69) is 21.7 Å². The maximum Gasteiger partial charge on any atom is 0.329 e. The van der Waals surface area contributed by atoms with Gasteiger partial charge in [-0.25, -0.2) is 0 Å². The van der Waals surface area contributed by atoms with E-state index in [-0.39, 0.29) is 6.23 Å². The van der Waals surface area contributed by atoms with Crippen LogP contribution in [0.2, 0.25) is 0 Å². The van der Waals surface area contributed by atoms with Gasteiger partial charge in [-0.2, -0.15) is 4.37 Å². The summed E-state index contributed by atoms with van der Waals surface area (Å²) in [5.74, 6) is 0.00466. The molecule has 158 valence electrons. The highest BCUT2D eigenvalue weighted by Crippen LogP contribution is 2.31. The van der Waals surface area contributed by atoms with E-state index in [1.807, 2.05) is 14.0 Å². The number of rotatable bonds is 11. The van der Waals surface area contributed by atoms with E-state index in [0.29, 0.717) is 23.5 Å². The molecule has 1 aromatic rings. The van der Waals surface area contributed by atoms with Gasteiger partial charge in [0.25, 0.3) is 5.88 Å². The Bertz CT molecular complexity index is 666. The summed E-state index contributed by atoms with van der Waals surface area (Å²) in [7, 11) is 2.04. The molecule has 0 saturated carbocycles. The van der Waals surface area contributed by atoms with Crippen LogP contribution in [0, 0.1) is 0 Å². The van der Waals surface area contributed by atoms with Gasteiger partial charge in [0.2, 0.25) is 6.23 Å². The van der Waals surface area contributed by atoms with E-state index in [4.69, 9.17) is 20.3 Å². The molecular formula is C19H33N4O4S+. The number of carbonyl (C=O) groups excluding carboxylic acids is 1. The molecule has 9 heteroatoms. The molecular weight excluding hydrogens is 380 g/mol. The summed E-state index contributed by atoms with van der Waals surface area (Å²) in [5.41, 5.74) is 7.41. The average molecular weight is 414 g/mol. The number of aromatic nitrogens is 2. The Balaban J connectivity index is 2.00. The Morgan fingerprint density at radius 2 is 2.18 bits per heavy atom. The molecule has 1 aromatic heterocycles. The van der Waals surface area contributed by atoms with E-state index < -0.39 is 18.6 Å². The maximum absolute atomic E-state index is 12.0. The highest BCUT2D eigenvalue weighted by Gasteiger charge is 2.37. The maximum atomic E-state index is 12.0. The third-order valence-corrected chi connectivity index (χ3v) is 5.74. The van der Waals surface area contributed by atoms with Crippen molar-refractivity contribution >= 4 is 23.3 Å². The van der Waals surface area contributed by atoms with Gasteiger partial charge in [-0.3, -0.25) is 9.28 Å². The molecule has 0 amide bonds. The second kappa shape index (κ2) is 10.8. The van der Waals surface area contributed by atoms with Gasteiger partial charge in [0.1, 0.15) is 18.3 Å². The first-order valence-electron chi connectivity index (χ1n) is 9.97. The highest BCUT2D eigenvalue weighted by atomic mass is 32.1. The molecule has 2 rings (SSSR count). The second-order valence-corrected chi connectivity index (χ2v) is 8.06. The van der Waals surface area contributed by atoms with Gasteiger partial charge >= 0.3 is 5.97 Å². The number of hydrogen-bond donors (Lipinski definition) is 2. The van der Waals surface area contributed by atoms with E-state index in [9.17, 15) is 4.79 Å². The number of aliphatic hydroxyl groups excluding tert-OH is 1. The Hall–Kier alpha value is -1.55. The van der Waals surface area contributed by atoms with Crippen LogP contribution >= 0.6 is 11.7 Å². The van der Waals surface area contributed by atoms with Crippen LogP contribution in [0.5, 0.6) is 5.88 Å². The van der Waals surface area contributed by atoms with Crippen LogP contribution in [0.1, 0.15) is 51.6 Å². The van der Waals surface area contributed by atoms with Crippen molar-refractivity contribution in [1.82, 2.24) is 8.75 Å². The minimum Gasteiger partial charge on any atom is -0.475 e. The smallest absolute Gasteiger partial charge is 0.329 e. The molecule has 0 saturated heterocycles. The number of esters is 1. The Labute approximate surface area is 171 Å². The largest absolute Gasteiger partial charge is 0.475 e. The van der Waals surface area contributed by atoms with Crippen molar-refractivity contribution in [3.05, 3.63) is 11.8 Å². The summed E-state index contributed by atoms with van der Waals surface area (Å²) < 4.78 is 20.7. The summed E-state index contributed by atoms with van der Waals surface area (Å²) in [6.07, 6.45) is 7.18. The number of quaternary nitrogens is 1. The van der Waals surface area contributed by atoms with E-state index in [0.717, 1.165) is 48.8 Å². The Morgan fingerprint density at radius 1 is 1.39 bits per heavy atom. The van der Waals surface area contributed by atoms with Crippen LogP contribution < -0.4 is 10.5 Å². The van der Waals surface area contributed by atoms with Gasteiger partial charge in [-0.15, -0.1) is 4.37 Å². The van der Waals surface area contributed by atoms with Gasteiger partial charge in [-0.1, -0.05) is 32.3 Å². The third kappa shape index (κ3) is 5.97. The van der Waals surface area contributed by atoms with Crippen molar-refractivity contribution in [3.63, 3.8) is 0 Å². The zero-order chi connectivity index (χ0) is 20.6. The van der Waals surface area contributed by atoms with Crippen LogP contribution in [0.15, 0.2) is 6.08 Å². The molecule has 3 N–H and O–H groups in total. The van der Waals surface area contributed by atoms with Crippen molar-refractivity contribution in [2.45, 2.75) is 58.2 Å². The molecule has 8 nitrogen and oxygen atoms in total. The second-order valence-electron chi connectivity index (χ2n) is 7.53. The first-order valence-corrected chi connectivity index (χ1v) is 10.7. The van der Waals surface area contributed by atoms with Crippen molar-refractivity contribution < 1.29 is 23.9 Å². The van der Waals surface area contributed by atoms with Gasteiger partial charge in [0, 0.05) is 18.9 Å². The van der Waals surface area contributed by atoms with Gasteiger partial charge < -0.3 is 20.3 Å². The molecule has 28 heavy (non-hydrogen) atoms. The van der Waals surface area contributed by atoms with Crippen LogP contribution in [0.4, 0.5) is 0 Å². The van der Waals surface area contributed by atoms with Crippen molar-refractivity contribution in [1.29, 1.82) is 0 Å². The molecule has 0 radical (unpaired) electrons. The predicted octanol–water partition coefficient (Wildman–Crippen LogP) is 1.94. The first kappa shape index (κ1) is 22.7. The van der Waals surface area contributed by atoms with Crippen molar-refractivity contribution in [2.24, 2.45) is 5.73 Å². The monoisotopic (exact) mass is 413 g/mol. The summed E-state index contributed by atoms with van der Waals surface area (Å²) in [6.45, 7) is 5.74. The third-order valence-electron chi connectivity index (χ3n) is 5.23. The molecule has 0 aliphatic carbocycles. The number of hydrogen-bond acceptors (Lipinski definition) is 8. The predicted molar refractivity (Wildman–Crippen MR) is 109 cm³/mol. The zero-order valence-electron chi connectivity index (χ0n) is 17.1. The molecule has 0 bridgehead atoms. The van der Waals surface area contributed by atoms with Gasteiger partial charge in [0.15, 0.2) is 0 Å². The highest BCUT2D eigenvalue weighted by molar-refractivity contribution is 6.99. The van der Waals surface area contributed by atoms with Crippen LogP contribution in [-0.4, -0.2) is 69.9 Å². The number of nitrogens with two attached hydrogens (primary N) is 1. The summed E-state index contributed by atoms with van der Waals surface area (Å²) in [6, 6.07) is -1.01. The van der Waals surface area contributed by atoms with Crippen molar-refractivity contribution in [2.75, 3.05) is 33.4 Å². The number of nitrogens with zero attached hydrogens (tertiary/aromatic N) is 3. The lowest BCUT2D eigenvalue weighted by Gasteiger charge is -2.41. The fourth-order valence-corrected chi connectivity index (χ4v) is 3.71. The SMILES string of the molecule is CCCCCCOc1nsnc1C1=CCC[N+](C)(C(C)OC(=O)[C@@H](N)CO)C1. The number of unbranched alkanes of at least 4 members (excludes halogenated alkanes) is 3. The molecule has 3 atom stereocenters. The minimum atomic E-state index is -1.01. The topological polar surface area (TPSA) is 108 Å². The Morgan fingerprint density at radius 3 is 2.89 bits per heavy atom. The number of carbonyl (C=O) groups is 1. The molecule has 2 heterocycles. The van der Waals surface area contributed by atoms with Crippen molar-refractivity contribution in [3.8, 4) is 5.88 Å². The summed E-state index contributed by atoms with van der Waals surface area (Å²) >= 11 is 1.15. The normalized spacial score (nSPS) is 21.7. The minimum absolute atomic E-state index is 0.390. The number of ether oxygens (including phenoxy) is 2. The van der Waals surface area contributed by atoms with Gasteiger partial charge in [0.05, 0.1) is 38.5 Å². The lowest BCUT2D eigenvalue weighted by Crippen LogP contribution is -2.56. The molecule has 1 aliphatic heterocycles. The van der Waals surface area contributed by atoms with Crippen LogP contribution in [0.3, 0.4) is 0 Å². The summed E-state index contributed by atoms with van der Waals surface area (Å²) in [5, 5.41) is 9.04. The fourth-order valence-electron chi connectivity index (χ4n) is 3.17. The van der Waals surface area contributed by atoms with Gasteiger partial charge in [-0.05, 0) is 6.42 Å². The molecule has 0 aromatic carbocycles. The van der Waals surface area contributed by atoms with Crippen LogP contribution in [-0.2, 0) is 9.53 Å². The summed E-state index contributed by atoms with van der Waals surface area (Å²) in [4.78, 5) is 12.0. The fraction of sp³-hybridized carbons (Fsp3) is 0.737. The molecule has 2 unspecified atom stereocenters. The van der Waals surface area contributed by atoms with Crippen LogP contribution in [0.25, 0.3) is 5.57 Å².